The number of nitrogens with one attached hydrogen (secondary N) is 1. The molecule has 0 unspecified atom stereocenters. The van der Waals surface area contributed by atoms with Crippen LogP contribution in [0.1, 0.15) is 41.9 Å². The minimum absolute atomic E-state index is 0.0920. The second-order valence-corrected chi connectivity index (χ2v) is 6.77. The van der Waals surface area contributed by atoms with E-state index in [1.807, 2.05) is 44.2 Å². The highest BCUT2D eigenvalue weighted by Crippen LogP contribution is 2.28. The van der Waals surface area contributed by atoms with E-state index >= 15 is 0 Å². The summed E-state index contributed by atoms with van der Waals surface area (Å²) in [4.78, 5) is 12.7. The number of carbonyl (C=O) groups excluding carboxylic acids is 1. The summed E-state index contributed by atoms with van der Waals surface area (Å²) in [5, 5.41) is 12.1. The minimum atomic E-state index is -0.203. The average molecular weight is 379 g/mol. The maximum Gasteiger partial charge on any atom is 0.255 e. The average Bonchev–Trinajstić information content (AvgIpc) is 3.19. The molecule has 0 spiro atoms. The number of benzene rings is 2. The van der Waals surface area contributed by atoms with Crippen LogP contribution in [0, 0.1) is 6.92 Å². The van der Waals surface area contributed by atoms with E-state index in [0.29, 0.717) is 28.5 Å². The fourth-order valence-electron chi connectivity index (χ4n) is 2.75. The standard InChI is InChI=1S/C23H25NO4/c1-4-16(3)27-19-7-5-6-18(12-19)23(26)24-21-13-17(9-8-15(21)2)22-11-10-20(14-25)28-22/h5-13,16,25H,4,14H2,1-3H3,(H,24,26)/t16-/m1/s1. The maximum atomic E-state index is 12.7. The van der Waals surface area contributed by atoms with E-state index in [1.54, 1.807) is 24.3 Å². The predicted octanol–water partition coefficient (Wildman–Crippen LogP) is 5.18. The van der Waals surface area contributed by atoms with E-state index in [9.17, 15) is 9.90 Å². The van der Waals surface area contributed by atoms with Gasteiger partial charge in [0.05, 0.1) is 6.10 Å². The van der Waals surface area contributed by atoms with Gasteiger partial charge in [0.25, 0.3) is 5.91 Å². The minimum Gasteiger partial charge on any atom is -0.491 e. The molecule has 28 heavy (non-hydrogen) atoms. The molecule has 0 bridgehead atoms. The van der Waals surface area contributed by atoms with E-state index in [2.05, 4.69) is 12.2 Å². The molecule has 0 saturated heterocycles. The molecule has 5 nitrogen and oxygen atoms in total. The lowest BCUT2D eigenvalue weighted by atomic mass is 10.1. The largest absolute Gasteiger partial charge is 0.491 e. The van der Waals surface area contributed by atoms with Crippen LogP contribution in [0.2, 0.25) is 0 Å². The lowest BCUT2D eigenvalue weighted by molar-refractivity contribution is 0.102. The van der Waals surface area contributed by atoms with Gasteiger partial charge in [-0.15, -0.1) is 0 Å². The van der Waals surface area contributed by atoms with Gasteiger partial charge in [-0.2, -0.15) is 0 Å². The Morgan fingerprint density at radius 2 is 2.00 bits per heavy atom. The van der Waals surface area contributed by atoms with Crippen molar-refractivity contribution in [2.45, 2.75) is 39.9 Å². The Morgan fingerprint density at radius 1 is 1.18 bits per heavy atom. The zero-order valence-corrected chi connectivity index (χ0v) is 16.4. The first kappa shape index (κ1) is 19.7. The number of hydrogen-bond donors (Lipinski definition) is 2. The molecule has 1 amide bonds. The monoisotopic (exact) mass is 379 g/mol. The highest BCUT2D eigenvalue weighted by molar-refractivity contribution is 6.05. The number of aryl methyl sites for hydroxylation is 1. The quantitative estimate of drug-likeness (QED) is 0.593. The normalized spacial score (nSPS) is 11.9. The van der Waals surface area contributed by atoms with Gasteiger partial charge < -0.3 is 19.6 Å². The Balaban J connectivity index is 1.80. The molecule has 0 aliphatic heterocycles. The Morgan fingerprint density at radius 3 is 2.71 bits per heavy atom. The predicted molar refractivity (Wildman–Crippen MR) is 110 cm³/mol. The summed E-state index contributed by atoms with van der Waals surface area (Å²) in [5.74, 6) is 1.62. The van der Waals surface area contributed by atoms with Crippen molar-refractivity contribution < 1.29 is 19.1 Å². The van der Waals surface area contributed by atoms with Gasteiger partial charge in [0.15, 0.2) is 0 Å². The molecule has 2 aromatic carbocycles. The summed E-state index contributed by atoms with van der Waals surface area (Å²) in [6.45, 7) is 5.84. The molecule has 146 valence electrons. The molecule has 0 aliphatic rings. The van der Waals surface area contributed by atoms with Gasteiger partial charge in [-0.1, -0.05) is 25.1 Å². The lowest BCUT2D eigenvalue weighted by Gasteiger charge is -2.14. The number of ether oxygens (including phenoxy) is 1. The summed E-state index contributed by atoms with van der Waals surface area (Å²) < 4.78 is 11.4. The smallest absolute Gasteiger partial charge is 0.255 e. The SMILES string of the molecule is CC[C@@H](C)Oc1cccc(C(=O)Nc2cc(-c3ccc(CO)o3)ccc2C)c1. The van der Waals surface area contributed by atoms with Crippen LogP contribution in [-0.2, 0) is 6.61 Å². The van der Waals surface area contributed by atoms with Crippen molar-refractivity contribution >= 4 is 11.6 Å². The first-order valence-electron chi connectivity index (χ1n) is 9.38. The van der Waals surface area contributed by atoms with E-state index in [1.165, 1.54) is 0 Å². The first-order valence-corrected chi connectivity index (χ1v) is 9.38. The Labute approximate surface area is 165 Å². The van der Waals surface area contributed by atoms with Crippen LogP contribution in [-0.4, -0.2) is 17.1 Å². The number of aliphatic hydroxyl groups excluding tert-OH is 1. The number of anilines is 1. The molecule has 3 rings (SSSR count). The molecular weight excluding hydrogens is 354 g/mol. The second-order valence-electron chi connectivity index (χ2n) is 6.77. The van der Waals surface area contributed by atoms with E-state index in [-0.39, 0.29) is 18.6 Å². The summed E-state index contributed by atoms with van der Waals surface area (Å²) in [6.07, 6.45) is 0.988. The van der Waals surface area contributed by atoms with Crippen molar-refractivity contribution in [2.24, 2.45) is 0 Å². The third-order valence-electron chi connectivity index (χ3n) is 4.60. The topological polar surface area (TPSA) is 71.7 Å². The van der Waals surface area contributed by atoms with Crippen LogP contribution in [0.15, 0.2) is 59.0 Å². The van der Waals surface area contributed by atoms with E-state index < -0.39 is 0 Å². The lowest BCUT2D eigenvalue weighted by Crippen LogP contribution is -2.14. The fourth-order valence-corrected chi connectivity index (χ4v) is 2.75. The van der Waals surface area contributed by atoms with Crippen molar-refractivity contribution in [3.8, 4) is 17.1 Å². The van der Waals surface area contributed by atoms with Crippen LogP contribution >= 0.6 is 0 Å². The molecule has 1 atom stereocenters. The molecular formula is C23H25NO4. The Hall–Kier alpha value is -3.05. The molecule has 0 radical (unpaired) electrons. The molecule has 0 fully saturated rings. The van der Waals surface area contributed by atoms with Crippen molar-refractivity contribution in [3.05, 3.63) is 71.5 Å². The van der Waals surface area contributed by atoms with Crippen molar-refractivity contribution in [1.29, 1.82) is 0 Å². The van der Waals surface area contributed by atoms with Gasteiger partial charge in [0.1, 0.15) is 23.9 Å². The van der Waals surface area contributed by atoms with E-state index in [0.717, 1.165) is 17.5 Å². The number of furan rings is 1. The number of amides is 1. The molecule has 2 N–H and O–H groups in total. The Bertz CT molecular complexity index is 961. The summed E-state index contributed by atoms with van der Waals surface area (Å²) >= 11 is 0. The number of aliphatic hydroxyl groups is 1. The highest BCUT2D eigenvalue weighted by atomic mass is 16.5. The molecule has 0 aliphatic carbocycles. The molecule has 5 heteroatoms. The van der Waals surface area contributed by atoms with E-state index in [4.69, 9.17) is 9.15 Å². The van der Waals surface area contributed by atoms with Crippen LogP contribution in [0.3, 0.4) is 0 Å². The maximum absolute atomic E-state index is 12.7. The highest BCUT2D eigenvalue weighted by Gasteiger charge is 2.12. The van der Waals surface area contributed by atoms with Crippen LogP contribution in [0.25, 0.3) is 11.3 Å². The first-order chi connectivity index (χ1) is 13.5. The molecule has 3 aromatic rings. The second kappa shape index (κ2) is 8.76. The molecule has 1 heterocycles. The van der Waals surface area contributed by atoms with Gasteiger partial charge in [-0.3, -0.25) is 4.79 Å². The summed E-state index contributed by atoms with van der Waals surface area (Å²) in [6, 6.07) is 16.4. The van der Waals surface area contributed by atoms with Gasteiger partial charge >= 0.3 is 0 Å². The fraction of sp³-hybridized carbons (Fsp3) is 0.261. The van der Waals surface area contributed by atoms with Crippen molar-refractivity contribution in [1.82, 2.24) is 0 Å². The molecule has 0 saturated carbocycles. The van der Waals surface area contributed by atoms with Gasteiger partial charge in [0, 0.05) is 16.8 Å². The number of hydrogen-bond acceptors (Lipinski definition) is 4. The van der Waals surface area contributed by atoms with Gasteiger partial charge in [-0.25, -0.2) is 0 Å². The number of rotatable bonds is 7. The van der Waals surface area contributed by atoms with Crippen molar-refractivity contribution in [3.63, 3.8) is 0 Å². The van der Waals surface area contributed by atoms with Crippen molar-refractivity contribution in [2.75, 3.05) is 5.32 Å². The zero-order valence-electron chi connectivity index (χ0n) is 16.4. The summed E-state index contributed by atoms with van der Waals surface area (Å²) in [7, 11) is 0. The van der Waals surface area contributed by atoms with Gasteiger partial charge in [-0.05, 0) is 62.2 Å². The molecule has 1 aromatic heterocycles. The van der Waals surface area contributed by atoms with Crippen LogP contribution < -0.4 is 10.1 Å². The Kier molecular flexibility index (Phi) is 6.16. The van der Waals surface area contributed by atoms with Crippen LogP contribution in [0.5, 0.6) is 5.75 Å². The summed E-state index contributed by atoms with van der Waals surface area (Å²) in [5.41, 5.74) is 3.01. The third kappa shape index (κ3) is 4.61. The van der Waals surface area contributed by atoms with Crippen LogP contribution in [0.4, 0.5) is 5.69 Å². The zero-order chi connectivity index (χ0) is 20.1. The van der Waals surface area contributed by atoms with Gasteiger partial charge in [0.2, 0.25) is 0 Å². The number of carbonyl (C=O) groups is 1. The third-order valence-corrected chi connectivity index (χ3v) is 4.60.